The first kappa shape index (κ1) is 17.9. The predicted octanol–water partition coefficient (Wildman–Crippen LogP) is 1.66. The van der Waals surface area contributed by atoms with E-state index in [-0.39, 0.29) is 6.42 Å². The average molecular weight is 386 g/mol. The number of primary amides is 1. The number of carbonyl (C=O) groups is 3. The van der Waals surface area contributed by atoms with Crippen LogP contribution in [0.3, 0.4) is 0 Å². The first-order valence-electron chi connectivity index (χ1n) is 7.58. The van der Waals surface area contributed by atoms with E-state index < -0.39 is 23.6 Å². The van der Waals surface area contributed by atoms with E-state index in [4.69, 9.17) is 5.73 Å². The van der Waals surface area contributed by atoms with Crippen LogP contribution in [0, 0.1) is 0 Å². The molecule has 0 aliphatic heterocycles. The second-order valence-electron chi connectivity index (χ2n) is 5.37. The molecule has 1 unspecified atom stereocenters. The fourth-order valence-corrected chi connectivity index (χ4v) is 3.70. The minimum absolute atomic E-state index is 0.189. The summed E-state index contributed by atoms with van der Waals surface area (Å²) < 4.78 is 4.05. The van der Waals surface area contributed by atoms with Crippen molar-refractivity contribution in [3.05, 3.63) is 57.9 Å². The van der Waals surface area contributed by atoms with Crippen molar-refractivity contribution >= 4 is 40.5 Å². The summed E-state index contributed by atoms with van der Waals surface area (Å²) in [5, 5.41) is 6.31. The van der Waals surface area contributed by atoms with Gasteiger partial charge in [0.15, 0.2) is 0 Å². The lowest BCUT2D eigenvalue weighted by Gasteiger charge is -2.15. The molecule has 0 bridgehead atoms. The molecule has 26 heavy (non-hydrogen) atoms. The number of nitrogens with zero attached hydrogens (tertiary/aromatic N) is 2. The second kappa shape index (κ2) is 7.98. The lowest BCUT2D eigenvalue weighted by molar-refractivity contribution is -0.137. The number of hydrogen-bond donors (Lipinski definition) is 2. The van der Waals surface area contributed by atoms with E-state index in [1.54, 1.807) is 30.6 Å². The van der Waals surface area contributed by atoms with E-state index in [1.807, 2.05) is 16.8 Å². The number of aromatic nitrogens is 2. The predicted molar refractivity (Wildman–Crippen MR) is 98.8 cm³/mol. The molecule has 3 heterocycles. The Morgan fingerprint density at radius 1 is 1.23 bits per heavy atom. The number of carbonyl (C=O) groups excluding carboxylic acids is 3. The maximum absolute atomic E-state index is 12.7. The Labute approximate surface area is 157 Å². The Bertz CT molecular complexity index is 923. The molecule has 7 nitrogen and oxygen atoms in total. The van der Waals surface area contributed by atoms with E-state index >= 15 is 0 Å². The molecule has 3 aromatic heterocycles. The van der Waals surface area contributed by atoms with E-state index in [9.17, 15) is 14.4 Å². The summed E-state index contributed by atoms with van der Waals surface area (Å²) in [7, 11) is 0. The first-order valence-corrected chi connectivity index (χ1v) is 9.29. The monoisotopic (exact) mass is 386 g/mol. The van der Waals surface area contributed by atoms with Gasteiger partial charge in [0, 0.05) is 18.2 Å². The highest BCUT2D eigenvalue weighted by atomic mass is 32.1. The van der Waals surface area contributed by atoms with E-state index in [1.165, 1.54) is 11.3 Å². The zero-order chi connectivity index (χ0) is 18.5. The third-order valence-electron chi connectivity index (χ3n) is 3.60. The maximum atomic E-state index is 12.7. The molecule has 0 radical (unpaired) electrons. The van der Waals surface area contributed by atoms with Crippen molar-refractivity contribution in [2.75, 3.05) is 0 Å². The smallest absolute Gasteiger partial charge is 0.287 e. The fourth-order valence-electron chi connectivity index (χ4n) is 2.36. The highest BCUT2D eigenvalue weighted by Crippen LogP contribution is 2.24. The number of amides is 2. The second-order valence-corrected chi connectivity index (χ2v) is 6.96. The van der Waals surface area contributed by atoms with Crippen molar-refractivity contribution in [1.82, 2.24) is 14.7 Å². The van der Waals surface area contributed by atoms with Crippen molar-refractivity contribution < 1.29 is 14.4 Å². The standard InChI is InChI=1S/C17H14N4O3S2/c18-16(23)14(22)13(7-10-4-6-25-9-10)21-17(24)15-11(8-20-26-15)12-3-1-2-5-19-12/h1-6,8-9,13H,7H2,(H2,18,23)(H,21,24). The molecule has 9 heteroatoms. The maximum Gasteiger partial charge on any atom is 0.287 e. The van der Waals surface area contributed by atoms with Crippen molar-refractivity contribution in [2.45, 2.75) is 12.5 Å². The molecule has 3 N–H and O–H groups in total. The van der Waals surface area contributed by atoms with E-state index in [0.717, 1.165) is 17.1 Å². The quantitative estimate of drug-likeness (QED) is 0.599. The van der Waals surface area contributed by atoms with Crippen molar-refractivity contribution in [3.63, 3.8) is 0 Å². The van der Waals surface area contributed by atoms with Gasteiger partial charge in [-0.25, -0.2) is 0 Å². The topological polar surface area (TPSA) is 115 Å². The molecule has 0 aliphatic rings. The van der Waals surface area contributed by atoms with Gasteiger partial charge in [0.25, 0.3) is 11.8 Å². The lowest BCUT2D eigenvalue weighted by atomic mass is 10.0. The Morgan fingerprint density at radius 2 is 2.08 bits per heavy atom. The highest BCUT2D eigenvalue weighted by Gasteiger charge is 2.27. The molecule has 0 saturated carbocycles. The zero-order valence-corrected chi connectivity index (χ0v) is 15.0. The number of rotatable bonds is 7. The summed E-state index contributed by atoms with van der Waals surface area (Å²) >= 11 is 2.46. The van der Waals surface area contributed by atoms with Crippen LogP contribution in [0.2, 0.25) is 0 Å². The minimum atomic E-state index is -1.08. The van der Waals surface area contributed by atoms with Gasteiger partial charge in [-0.1, -0.05) is 6.07 Å². The number of nitrogens with one attached hydrogen (secondary N) is 1. The largest absolute Gasteiger partial charge is 0.363 e. The van der Waals surface area contributed by atoms with Crippen molar-refractivity contribution in [2.24, 2.45) is 5.73 Å². The molecule has 0 aliphatic carbocycles. The molecule has 0 spiro atoms. The summed E-state index contributed by atoms with van der Waals surface area (Å²) in [4.78, 5) is 40.7. The van der Waals surface area contributed by atoms with Gasteiger partial charge < -0.3 is 11.1 Å². The Hall–Kier alpha value is -2.91. The van der Waals surface area contributed by atoms with Gasteiger partial charge in [-0.2, -0.15) is 15.7 Å². The number of Topliss-reactive ketones (excluding diaryl/α,β-unsaturated/α-hetero) is 1. The van der Waals surface area contributed by atoms with Crippen LogP contribution in [0.5, 0.6) is 0 Å². The van der Waals surface area contributed by atoms with E-state index in [0.29, 0.717) is 16.1 Å². The molecule has 0 saturated heterocycles. The van der Waals surface area contributed by atoms with Crippen LogP contribution in [0.25, 0.3) is 11.3 Å². The van der Waals surface area contributed by atoms with Gasteiger partial charge in [-0.3, -0.25) is 19.4 Å². The molecule has 2 amide bonds. The SMILES string of the molecule is NC(=O)C(=O)C(Cc1ccsc1)NC(=O)c1sncc1-c1ccccn1. The van der Waals surface area contributed by atoms with Crippen LogP contribution in [0.4, 0.5) is 0 Å². The molecule has 3 rings (SSSR count). The van der Waals surface area contributed by atoms with Gasteiger partial charge in [-0.05, 0) is 46.1 Å². The van der Waals surface area contributed by atoms with Gasteiger partial charge in [0.1, 0.15) is 10.9 Å². The van der Waals surface area contributed by atoms with Gasteiger partial charge in [0.05, 0.1) is 11.9 Å². The zero-order valence-electron chi connectivity index (χ0n) is 13.4. The summed E-state index contributed by atoms with van der Waals surface area (Å²) in [6.45, 7) is 0. The fraction of sp³-hybridized carbons (Fsp3) is 0.118. The van der Waals surface area contributed by atoms with Gasteiger partial charge in [0.2, 0.25) is 5.78 Å². The lowest BCUT2D eigenvalue weighted by Crippen LogP contribution is -2.47. The Morgan fingerprint density at radius 3 is 2.73 bits per heavy atom. The molecular formula is C17H14N4O3S2. The van der Waals surface area contributed by atoms with Gasteiger partial charge in [-0.15, -0.1) is 0 Å². The number of hydrogen-bond acceptors (Lipinski definition) is 7. The Kier molecular flexibility index (Phi) is 5.49. The molecule has 132 valence electrons. The summed E-state index contributed by atoms with van der Waals surface area (Å²) in [6.07, 6.45) is 3.35. The summed E-state index contributed by atoms with van der Waals surface area (Å²) in [5.74, 6) is -2.42. The number of thiophene rings is 1. The minimum Gasteiger partial charge on any atom is -0.363 e. The number of nitrogens with two attached hydrogens (primary N) is 1. The number of ketones is 1. The molecule has 0 aromatic carbocycles. The van der Waals surface area contributed by atoms with Crippen LogP contribution < -0.4 is 11.1 Å². The average Bonchev–Trinajstić information content (AvgIpc) is 3.32. The normalized spacial score (nSPS) is 11.7. The van der Waals surface area contributed by atoms with Crippen molar-refractivity contribution in [3.8, 4) is 11.3 Å². The molecular weight excluding hydrogens is 372 g/mol. The molecule has 0 fully saturated rings. The summed E-state index contributed by atoms with van der Waals surface area (Å²) in [5.41, 5.74) is 7.12. The van der Waals surface area contributed by atoms with E-state index in [2.05, 4.69) is 14.7 Å². The highest BCUT2D eigenvalue weighted by molar-refractivity contribution is 7.08. The van der Waals surface area contributed by atoms with Crippen LogP contribution in [-0.2, 0) is 16.0 Å². The van der Waals surface area contributed by atoms with Crippen LogP contribution in [0.1, 0.15) is 15.2 Å². The molecule has 1 atom stereocenters. The molecule has 3 aromatic rings. The first-order chi connectivity index (χ1) is 12.6. The van der Waals surface area contributed by atoms with Crippen LogP contribution in [-0.4, -0.2) is 33.0 Å². The third-order valence-corrected chi connectivity index (χ3v) is 5.13. The third kappa shape index (κ3) is 4.01. The van der Waals surface area contributed by atoms with Crippen molar-refractivity contribution in [1.29, 1.82) is 0 Å². The summed E-state index contributed by atoms with van der Waals surface area (Å²) in [6, 6.07) is 6.12. The van der Waals surface area contributed by atoms with Crippen LogP contribution in [0.15, 0.2) is 47.4 Å². The van der Waals surface area contributed by atoms with Crippen LogP contribution >= 0.6 is 22.9 Å². The number of pyridine rings is 1. The Balaban J connectivity index is 1.83. The van der Waals surface area contributed by atoms with Gasteiger partial charge >= 0.3 is 0 Å².